The van der Waals surface area contributed by atoms with Crippen molar-refractivity contribution in [3.05, 3.63) is 51.6 Å². The van der Waals surface area contributed by atoms with Gasteiger partial charge in [-0.25, -0.2) is 4.79 Å². The molecule has 3 aromatic rings. The van der Waals surface area contributed by atoms with Crippen LogP contribution in [-0.2, 0) is 4.74 Å². The lowest BCUT2D eigenvalue weighted by Gasteiger charge is -2.16. The lowest BCUT2D eigenvalue weighted by atomic mass is 9.94. The number of nitro groups is 1. The maximum absolute atomic E-state index is 12.4. The molecule has 0 saturated heterocycles. The molecule has 0 fully saturated rings. The third-order valence-corrected chi connectivity index (χ3v) is 4.30. The molecule has 26 heavy (non-hydrogen) atoms. The maximum atomic E-state index is 12.4. The van der Waals surface area contributed by atoms with Gasteiger partial charge in [-0.15, -0.1) is 0 Å². The quantitative estimate of drug-likeness (QED) is 0.304. The number of methoxy groups -OCH3 is 3. The predicted molar refractivity (Wildman–Crippen MR) is 97.3 cm³/mol. The monoisotopic (exact) mass is 355 g/mol. The number of rotatable bonds is 4. The number of aryl methyl sites for hydroxylation is 1. The molecule has 0 saturated carbocycles. The van der Waals surface area contributed by atoms with E-state index >= 15 is 0 Å². The Kier molecular flexibility index (Phi) is 4.38. The van der Waals surface area contributed by atoms with Gasteiger partial charge in [0.15, 0.2) is 11.5 Å². The SMILES string of the molecule is COC(=O)c1cc2ccc(C)cc2c2c(OC)c(OC)cc([N+](=O)[O-])c12. The highest BCUT2D eigenvalue weighted by atomic mass is 16.6. The van der Waals surface area contributed by atoms with Gasteiger partial charge in [0.25, 0.3) is 5.69 Å². The Morgan fingerprint density at radius 3 is 2.35 bits per heavy atom. The predicted octanol–water partition coefficient (Wildman–Crippen LogP) is 4.01. The first-order chi connectivity index (χ1) is 12.4. The number of ether oxygens (including phenoxy) is 3. The van der Waals surface area contributed by atoms with Gasteiger partial charge in [-0.3, -0.25) is 10.1 Å². The molecule has 0 unspecified atom stereocenters. The Morgan fingerprint density at radius 2 is 1.77 bits per heavy atom. The van der Waals surface area contributed by atoms with Crippen LogP contribution in [0.3, 0.4) is 0 Å². The fourth-order valence-electron chi connectivity index (χ4n) is 3.17. The highest BCUT2D eigenvalue weighted by Crippen LogP contribution is 2.46. The van der Waals surface area contributed by atoms with Gasteiger partial charge in [0.1, 0.15) is 0 Å². The van der Waals surface area contributed by atoms with Crippen LogP contribution in [0.1, 0.15) is 15.9 Å². The summed E-state index contributed by atoms with van der Waals surface area (Å²) >= 11 is 0. The minimum absolute atomic E-state index is 0.103. The first kappa shape index (κ1) is 17.5. The Bertz CT molecular complexity index is 1060. The van der Waals surface area contributed by atoms with Crippen molar-refractivity contribution in [2.45, 2.75) is 6.92 Å². The molecule has 0 heterocycles. The zero-order valence-electron chi connectivity index (χ0n) is 14.8. The normalized spacial score (nSPS) is 10.8. The molecule has 0 spiro atoms. The first-order valence-electron chi connectivity index (χ1n) is 7.77. The zero-order chi connectivity index (χ0) is 19.0. The lowest BCUT2D eigenvalue weighted by Crippen LogP contribution is -2.06. The summed E-state index contributed by atoms with van der Waals surface area (Å²) < 4.78 is 15.6. The van der Waals surface area contributed by atoms with E-state index in [9.17, 15) is 14.9 Å². The third kappa shape index (κ3) is 2.57. The minimum Gasteiger partial charge on any atom is -0.493 e. The Balaban J connectivity index is 2.70. The molecule has 3 rings (SSSR count). The number of hydrogen-bond acceptors (Lipinski definition) is 6. The van der Waals surface area contributed by atoms with Crippen LogP contribution in [0.4, 0.5) is 5.69 Å². The number of carbonyl (C=O) groups is 1. The number of benzene rings is 3. The highest BCUT2D eigenvalue weighted by molar-refractivity contribution is 6.21. The molecule has 0 aliphatic rings. The van der Waals surface area contributed by atoms with E-state index in [1.807, 2.05) is 25.1 Å². The van der Waals surface area contributed by atoms with Crippen molar-refractivity contribution < 1.29 is 23.9 Å². The standard InChI is InChI=1S/C19H17NO6/c1-10-5-6-11-8-13(19(21)26-4)16-14(20(22)23)9-15(24-2)18(25-3)17(16)12(11)7-10/h5-9H,1-4H3. The van der Waals surface area contributed by atoms with Gasteiger partial charge < -0.3 is 14.2 Å². The van der Waals surface area contributed by atoms with E-state index in [1.54, 1.807) is 6.07 Å². The molecular weight excluding hydrogens is 338 g/mol. The van der Waals surface area contributed by atoms with Gasteiger partial charge in [-0.05, 0) is 23.8 Å². The second kappa shape index (κ2) is 6.51. The molecule has 0 amide bonds. The molecule has 0 aliphatic carbocycles. The summed E-state index contributed by atoms with van der Waals surface area (Å²) in [6.45, 7) is 1.92. The molecule has 0 atom stereocenters. The first-order valence-corrected chi connectivity index (χ1v) is 7.77. The smallest absolute Gasteiger partial charge is 0.338 e. The van der Waals surface area contributed by atoms with Crippen LogP contribution in [0, 0.1) is 17.0 Å². The van der Waals surface area contributed by atoms with Gasteiger partial charge in [0.05, 0.1) is 43.3 Å². The number of carbonyl (C=O) groups excluding carboxylic acids is 1. The summed E-state index contributed by atoms with van der Waals surface area (Å²) in [5.74, 6) is -0.112. The number of hydrogen-bond donors (Lipinski definition) is 0. The van der Waals surface area contributed by atoms with E-state index in [4.69, 9.17) is 14.2 Å². The van der Waals surface area contributed by atoms with Crippen LogP contribution >= 0.6 is 0 Å². The van der Waals surface area contributed by atoms with E-state index in [-0.39, 0.29) is 22.4 Å². The number of nitro benzene ring substituents is 1. The summed E-state index contributed by atoms with van der Waals surface area (Å²) in [5, 5.41) is 13.8. The van der Waals surface area contributed by atoms with Crippen LogP contribution in [0.5, 0.6) is 11.5 Å². The van der Waals surface area contributed by atoms with Crippen molar-refractivity contribution in [2.24, 2.45) is 0 Å². The van der Waals surface area contributed by atoms with Gasteiger partial charge in [-0.2, -0.15) is 0 Å². The molecule has 3 aromatic carbocycles. The second-order valence-electron chi connectivity index (χ2n) is 5.78. The fourth-order valence-corrected chi connectivity index (χ4v) is 3.17. The van der Waals surface area contributed by atoms with E-state index < -0.39 is 10.9 Å². The molecule has 0 aromatic heterocycles. The van der Waals surface area contributed by atoms with Gasteiger partial charge in [0, 0.05) is 5.39 Å². The number of fused-ring (bicyclic) bond motifs is 3. The van der Waals surface area contributed by atoms with Crippen molar-refractivity contribution in [3.63, 3.8) is 0 Å². The molecular formula is C19H17NO6. The summed E-state index contributed by atoms with van der Waals surface area (Å²) in [6, 6.07) is 8.50. The maximum Gasteiger partial charge on any atom is 0.338 e. The van der Waals surface area contributed by atoms with Gasteiger partial charge in [-0.1, -0.05) is 23.8 Å². The van der Waals surface area contributed by atoms with Gasteiger partial charge in [0.2, 0.25) is 0 Å². The molecule has 0 radical (unpaired) electrons. The summed E-state index contributed by atoms with van der Waals surface area (Å²) in [7, 11) is 4.10. The Labute approximate surface area is 149 Å². The summed E-state index contributed by atoms with van der Waals surface area (Å²) in [5.41, 5.74) is 0.824. The third-order valence-electron chi connectivity index (χ3n) is 4.30. The molecule has 7 heteroatoms. The molecule has 134 valence electrons. The summed E-state index contributed by atoms with van der Waals surface area (Å²) in [4.78, 5) is 23.5. The van der Waals surface area contributed by atoms with Crippen molar-refractivity contribution in [2.75, 3.05) is 21.3 Å². The topological polar surface area (TPSA) is 87.9 Å². The fraction of sp³-hybridized carbons (Fsp3) is 0.211. The van der Waals surface area contributed by atoms with Crippen molar-refractivity contribution in [1.82, 2.24) is 0 Å². The minimum atomic E-state index is -0.659. The molecule has 0 bridgehead atoms. The average molecular weight is 355 g/mol. The lowest BCUT2D eigenvalue weighted by molar-refractivity contribution is -0.383. The summed E-state index contributed by atoms with van der Waals surface area (Å²) in [6.07, 6.45) is 0. The zero-order valence-corrected chi connectivity index (χ0v) is 14.8. The number of esters is 1. The Morgan fingerprint density at radius 1 is 1.04 bits per heavy atom. The van der Waals surface area contributed by atoms with Crippen LogP contribution < -0.4 is 9.47 Å². The van der Waals surface area contributed by atoms with Gasteiger partial charge >= 0.3 is 5.97 Å². The van der Waals surface area contributed by atoms with E-state index in [0.29, 0.717) is 11.1 Å². The van der Waals surface area contributed by atoms with E-state index in [0.717, 1.165) is 16.3 Å². The second-order valence-corrected chi connectivity index (χ2v) is 5.78. The number of nitrogens with zero attached hydrogens (tertiary/aromatic N) is 1. The van der Waals surface area contributed by atoms with Crippen molar-refractivity contribution >= 4 is 33.2 Å². The van der Waals surface area contributed by atoms with Crippen molar-refractivity contribution in [1.29, 1.82) is 0 Å². The van der Waals surface area contributed by atoms with E-state index in [2.05, 4.69) is 0 Å². The van der Waals surface area contributed by atoms with Crippen LogP contribution in [0.2, 0.25) is 0 Å². The average Bonchev–Trinajstić information content (AvgIpc) is 2.64. The largest absolute Gasteiger partial charge is 0.493 e. The van der Waals surface area contributed by atoms with Crippen LogP contribution in [0.15, 0.2) is 30.3 Å². The molecule has 0 aliphatic heterocycles. The van der Waals surface area contributed by atoms with E-state index in [1.165, 1.54) is 27.4 Å². The number of non-ortho nitro benzene ring substituents is 1. The highest BCUT2D eigenvalue weighted by Gasteiger charge is 2.27. The Hall–Kier alpha value is -3.35. The van der Waals surface area contributed by atoms with Crippen LogP contribution in [-0.4, -0.2) is 32.2 Å². The molecule has 7 nitrogen and oxygen atoms in total. The van der Waals surface area contributed by atoms with Crippen LogP contribution in [0.25, 0.3) is 21.5 Å². The molecule has 0 N–H and O–H groups in total. The van der Waals surface area contributed by atoms with Crippen molar-refractivity contribution in [3.8, 4) is 11.5 Å².